The van der Waals surface area contributed by atoms with Gasteiger partial charge < -0.3 is 10.2 Å². The van der Waals surface area contributed by atoms with Crippen molar-refractivity contribution in [2.75, 3.05) is 24.5 Å². The molecule has 0 radical (unpaired) electrons. The molecule has 1 fully saturated rings. The molecule has 4 heteroatoms. The SMILES string of the molecule is CC1CNCCN1c1cc(-c2ccc(F)cc2)ccc1F. The Labute approximate surface area is 123 Å². The number of nitrogens with one attached hydrogen (secondary N) is 1. The van der Waals surface area contributed by atoms with E-state index < -0.39 is 0 Å². The minimum Gasteiger partial charge on any atom is -0.364 e. The highest BCUT2D eigenvalue weighted by atomic mass is 19.1. The third-order valence-corrected chi connectivity index (χ3v) is 3.93. The first-order valence-electron chi connectivity index (χ1n) is 7.18. The zero-order valence-electron chi connectivity index (χ0n) is 11.9. The number of rotatable bonds is 2. The van der Waals surface area contributed by atoms with Gasteiger partial charge in [0.25, 0.3) is 0 Å². The van der Waals surface area contributed by atoms with Gasteiger partial charge in [-0.05, 0) is 42.3 Å². The minimum absolute atomic E-state index is 0.213. The maximum absolute atomic E-state index is 14.2. The Balaban J connectivity index is 1.97. The fourth-order valence-electron chi connectivity index (χ4n) is 2.75. The normalized spacial score (nSPS) is 18.8. The van der Waals surface area contributed by atoms with Crippen molar-refractivity contribution in [1.82, 2.24) is 5.32 Å². The van der Waals surface area contributed by atoms with Gasteiger partial charge in [0.05, 0.1) is 5.69 Å². The monoisotopic (exact) mass is 288 g/mol. The lowest BCUT2D eigenvalue weighted by molar-refractivity contribution is 0.491. The van der Waals surface area contributed by atoms with Crippen molar-refractivity contribution in [3.8, 4) is 11.1 Å². The average molecular weight is 288 g/mol. The third-order valence-electron chi connectivity index (χ3n) is 3.93. The van der Waals surface area contributed by atoms with Gasteiger partial charge in [-0.1, -0.05) is 18.2 Å². The lowest BCUT2D eigenvalue weighted by Gasteiger charge is -2.36. The van der Waals surface area contributed by atoms with Crippen LogP contribution in [0.1, 0.15) is 6.92 Å². The number of anilines is 1. The average Bonchev–Trinajstić information content (AvgIpc) is 2.50. The van der Waals surface area contributed by atoms with Crippen LogP contribution in [0.25, 0.3) is 11.1 Å². The smallest absolute Gasteiger partial charge is 0.146 e. The summed E-state index contributed by atoms with van der Waals surface area (Å²) >= 11 is 0. The van der Waals surface area contributed by atoms with E-state index in [4.69, 9.17) is 0 Å². The van der Waals surface area contributed by atoms with E-state index >= 15 is 0 Å². The van der Waals surface area contributed by atoms with Gasteiger partial charge in [-0.15, -0.1) is 0 Å². The highest BCUT2D eigenvalue weighted by Gasteiger charge is 2.21. The topological polar surface area (TPSA) is 15.3 Å². The molecule has 0 amide bonds. The second kappa shape index (κ2) is 5.82. The summed E-state index contributed by atoms with van der Waals surface area (Å²) in [5, 5.41) is 3.30. The van der Waals surface area contributed by atoms with Crippen molar-refractivity contribution in [3.63, 3.8) is 0 Å². The van der Waals surface area contributed by atoms with Crippen LogP contribution in [0.5, 0.6) is 0 Å². The molecule has 1 heterocycles. The predicted octanol–water partition coefficient (Wildman–Crippen LogP) is 3.43. The molecule has 0 saturated carbocycles. The van der Waals surface area contributed by atoms with E-state index in [1.807, 2.05) is 6.07 Å². The second-order valence-corrected chi connectivity index (χ2v) is 5.42. The highest BCUT2D eigenvalue weighted by Crippen LogP contribution is 2.29. The van der Waals surface area contributed by atoms with E-state index in [-0.39, 0.29) is 17.7 Å². The van der Waals surface area contributed by atoms with Gasteiger partial charge in [-0.3, -0.25) is 0 Å². The van der Waals surface area contributed by atoms with E-state index in [9.17, 15) is 8.78 Å². The van der Waals surface area contributed by atoms with E-state index in [1.165, 1.54) is 18.2 Å². The Morgan fingerprint density at radius 2 is 1.76 bits per heavy atom. The molecule has 0 aromatic heterocycles. The van der Waals surface area contributed by atoms with Crippen LogP contribution < -0.4 is 10.2 Å². The first kappa shape index (κ1) is 14.0. The Kier molecular flexibility index (Phi) is 3.88. The summed E-state index contributed by atoms with van der Waals surface area (Å²) in [5.74, 6) is -0.480. The lowest BCUT2D eigenvalue weighted by Crippen LogP contribution is -2.50. The summed E-state index contributed by atoms with van der Waals surface area (Å²) in [6.07, 6.45) is 0. The summed E-state index contributed by atoms with van der Waals surface area (Å²) < 4.78 is 27.2. The van der Waals surface area contributed by atoms with Crippen LogP contribution in [0.4, 0.5) is 14.5 Å². The van der Waals surface area contributed by atoms with Gasteiger partial charge in [-0.2, -0.15) is 0 Å². The Morgan fingerprint density at radius 1 is 1.05 bits per heavy atom. The van der Waals surface area contributed by atoms with Crippen LogP contribution >= 0.6 is 0 Å². The number of hydrogen-bond donors (Lipinski definition) is 1. The van der Waals surface area contributed by atoms with Crippen LogP contribution in [0, 0.1) is 11.6 Å². The van der Waals surface area contributed by atoms with Gasteiger partial charge >= 0.3 is 0 Å². The minimum atomic E-state index is -0.267. The highest BCUT2D eigenvalue weighted by molar-refractivity contribution is 5.69. The molecule has 1 unspecified atom stereocenters. The molecule has 0 spiro atoms. The third kappa shape index (κ3) is 2.90. The number of nitrogens with zero attached hydrogens (tertiary/aromatic N) is 1. The van der Waals surface area contributed by atoms with Crippen molar-refractivity contribution in [1.29, 1.82) is 0 Å². The van der Waals surface area contributed by atoms with Crippen LogP contribution in [0.2, 0.25) is 0 Å². The molecule has 3 rings (SSSR count). The predicted molar refractivity (Wildman–Crippen MR) is 81.5 cm³/mol. The number of halogens is 2. The van der Waals surface area contributed by atoms with E-state index in [2.05, 4.69) is 17.1 Å². The lowest BCUT2D eigenvalue weighted by atomic mass is 10.0. The van der Waals surface area contributed by atoms with Crippen molar-refractivity contribution in [2.24, 2.45) is 0 Å². The molecular weight excluding hydrogens is 270 g/mol. The van der Waals surface area contributed by atoms with E-state index in [0.29, 0.717) is 5.69 Å². The van der Waals surface area contributed by atoms with Crippen LogP contribution in [-0.2, 0) is 0 Å². The summed E-state index contributed by atoms with van der Waals surface area (Å²) in [6, 6.07) is 11.6. The first-order valence-corrected chi connectivity index (χ1v) is 7.18. The fourth-order valence-corrected chi connectivity index (χ4v) is 2.75. The largest absolute Gasteiger partial charge is 0.364 e. The molecular formula is C17H18F2N2. The molecule has 1 aliphatic heterocycles. The van der Waals surface area contributed by atoms with Gasteiger partial charge in [-0.25, -0.2) is 8.78 Å². The standard InChI is InChI=1S/C17H18F2N2/c1-12-11-20-8-9-21(12)17-10-14(4-7-16(17)19)13-2-5-15(18)6-3-13/h2-7,10,12,20H,8-9,11H2,1H3. The Hall–Kier alpha value is -1.94. The molecule has 0 bridgehead atoms. The molecule has 21 heavy (non-hydrogen) atoms. The fraction of sp³-hybridized carbons (Fsp3) is 0.294. The quantitative estimate of drug-likeness (QED) is 0.911. The maximum atomic E-state index is 14.2. The van der Waals surface area contributed by atoms with Gasteiger partial charge in [0.15, 0.2) is 0 Å². The number of hydrogen-bond acceptors (Lipinski definition) is 2. The van der Waals surface area contributed by atoms with E-state index in [1.54, 1.807) is 18.2 Å². The molecule has 2 nitrogen and oxygen atoms in total. The molecule has 2 aromatic carbocycles. The number of piperazine rings is 1. The van der Waals surface area contributed by atoms with Crippen molar-refractivity contribution >= 4 is 5.69 Å². The van der Waals surface area contributed by atoms with Crippen molar-refractivity contribution < 1.29 is 8.78 Å². The Bertz CT molecular complexity index is 625. The first-order chi connectivity index (χ1) is 10.1. The van der Waals surface area contributed by atoms with Crippen LogP contribution in [0.15, 0.2) is 42.5 Å². The van der Waals surface area contributed by atoms with Gasteiger partial charge in [0, 0.05) is 25.7 Å². The van der Waals surface area contributed by atoms with Crippen LogP contribution in [0.3, 0.4) is 0 Å². The molecule has 1 aliphatic rings. The van der Waals surface area contributed by atoms with Crippen LogP contribution in [-0.4, -0.2) is 25.7 Å². The van der Waals surface area contributed by atoms with Gasteiger partial charge in [0.1, 0.15) is 11.6 Å². The summed E-state index contributed by atoms with van der Waals surface area (Å²) in [7, 11) is 0. The molecule has 0 aliphatic carbocycles. The Morgan fingerprint density at radius 3 is 2.48 bits per heavy atom. The second-order valence-electron chi connectivity index (χ2n) is 5.42. The summed E-state index contributed by atoms with van der Waals surface area (Å²) in [6.45, 7) is 4.56. The zero-order valence-corrected chi connectivity index (χ0v) is 11.9. The van der Waals surface area contributed by atoms with Crippen molar-refractivity contribution in [2.45, 2.75) is 13.0 Å². The van der Waals surface area contributed by atoms with E-state index in [0.717, 1.165) is 30.8 Å². The summed E-state index contributed by atoms with van der Waals surface area (Å²) in [4.78, 5) is 2.08. The van der Waals surface area contributed by atoms with Crippen molar-refractivity contribution in [3.05, 3.63) is 54.1 Å². The zero-order chi connectivity index (χ0) is 14.8. The molecule has 1 atom stereocenters. The molecule has 1 N–H and O–H groups in total. The number of benzene rings is 2. The summed E-state index contributed by atoms with van der Waals surface area (Å²) in [5.41, 5.74) is 2.41. The van der Waals surface area contributed by atoms with Gasteiger partial charge in [0.2, 0.25) is 0 Å². The molecule has 1 saturated heterocycles. The maximum Gasteiger partial charge on any atom is 0.146 e. The molecule has 110 valence electrons. The molecule has 2 aromatic rings.